The first-order valence-electron chi connectivity index (χ1n) is 6.43. The summed E-state index contributed by atoms with van der Waals surface area (Å²) in [5, 5.41) is 8.70. The van der Waals surface area contributed by atoms with Crippen molar-refractivity contribution in [1.29, 1.82) is 0 Å². The molecule has 0 spiro atoms. The van der Waals surface area contributed by atoms with E-state index in [1.54, 1.807) is 4.68 Å². The van der Waals surface area contributed by atoms with Gasteiger partial charge < -0.3 is 5.73 Å². The number of nitrogens with zero attached hydrogens (tertiary/aromatic N) is 4. The quantitative estimate of drug-likeness (QED) is 0.869. The van der Waals surface area contributed by atoms with E-state index < -0.39 is 0 Å². The Bertz CT molecular complexity index is 511. The summed E-state index contributed by atoms with van der Waals surface area (Å²) < 4.78 is 3.82. The Hall–Kier alpha value is -1.62. The van der Waals surface area contributed by atoms with Crippen LogP contribution in [0.25, 0.3) is 0 Å². The monoisotopic (exact) mass is 247 g/mol. The first-order valence-corrected chi connectivity index (χ1v) is 6.43. The third kappa shape index (κ3) is 2.61. The Labute approximate surface area is 108 Å². The van der Waals surface area contributed by atoms with Crippen molar-refractivity contribution in [3.05, 3.63) is 35.4 Å². The highest BCUT2D eigenvalue weighted by molar-refractivity contribution is 5.17. The summed E-state index contributed by atoms with van der Waals surface area (Å²) in [6.45, 7) is 5.10. The number of aryl methyl sites for hydroxylation is 3. The minimum atomic E-state index is -0.0228. The number of nitrogens with two attached hydrogens (primary N) is 1. The van der Waals surface area contributed by atoms with Gasteiger partial charge in [0.15, 0.2) is 0 Å². The predicted molar refractivity (Wildman–Crippen MR) is 71.1 cm³/mol. The lowest BCUT2D eigenvalue weighted by Gasteiger charge is -2.10. The first kappa shape index (κ1) is 12.8. The Morgan fingerprint density at radius 2 is 2.17 bits per heavy atom. The molecule has 0 amide bonds. The summed E-state index contributed by atoms with van der Waals surface area (Å²) in [6.07, 6.45) is 5.56. The maximum Gasteiger partial charge on any atom is 0.0624 e. The van der Waals surface area contributed by atoms with Crippen LogP contribution in [0, 0.1) is 0 Å². The molecule has 0 radical (unpaired) electrons. The van der Waals surface area contributed by atoms with Crippen LogP contribution in [0.3, 0.4) is 0 Å². The summed E-state index contributed by atoms with van der Waals surface area (Å²) in [6, 6.07) is 2.13. The summed E-state index contributed by atoms with van der Waals surface area (Å²) in [5.41, 5.74) is 9.62. The molecule has 2 aromatic heterocycles. The van der Waals surface area contributed by atoms with Gasteiger partial charge in [-0.25, -0.2) is 0 Å². The van der Waals surface area contributed by atoms with E-state index in [0.717, 1.165) is 30.6 Å². The molecule has 0 aliphatic carbocycles. The average Bonchev–Trinajstić information content (AvgIpc) is 2.95. The van der Waals surface area contributed by atoms with Gasteiger partial charge in [-0.1, -0.05) is 6.92 Å². The topological polar surface area (TPSA) is 61.7 Å². The summed E-state index contributed by atoms with van der Waals surface area (Å²) >= 11 is 0. The second-order valence-corrected chi connectivity index (χ2v) is 4.55. The molecule has 2 rings (SSSR count). The van der Waals surface area contributed by atoms with Crippen LogP contribution in [0.5, 0.6) is 0 Å². The standard InChI is InChI=1S/C13H21N5/c1-4-11-6-12(18(5-2)16-11)7-13(14)10-8-15-17(3)9-10/h6,8-9,13H,4-5,7,14H2,1-3H3. The molecule has 0 aliphatic rings. The van der Waals surface area contributed by atoms with E-state index >= 15 is 0 Å². The van der Waals surface area contributed by atoms with E-state index in [9.17, 15) is 0 Å². The van der Waals surface area contributed by atoms with Gasteiger partial charge in [0.2, 0.25) is 0 Å². The number of aromatic nitrogens is 4. The average molecular weight is 247 g/mol. The van der Waals surface area contributed by atoms with Crippen LogP contribution in [-0.4, -0.2) is 19.6 Å². The highest BCUT2D eigenvalue weighted by atomic mass is 15.3. The molecule has 98 valence electrons. The number of rotatable bonds is 5. The molecule has 1 unspecified atom stereocenters. The third-order valence-corrected chi connectivity index (χ3v) is 3.16. The largest absolute Gasteiger partial charge is 0.324 e. The Morgan fingerprint density at radius 3 is 2.72 bits per heavy atom. The van der Waals surface area contributed by atoms with E-state index in [1.165, 1.54) is 5.69 Å². The van der Waals surface area contributed by atoms with Gasteiger partial charge in [0.05, 0.1) is 11.9 Å². The van der Waals surface area contributed by atoms with Gasteiger partial charge in [-0.3, -0.25) is 9.36 Å². The number of hydrogen-bond donors (Lipinski definition) is 1. The zero-order chi connectivity index (χ0) is 13.1. The summed E-state index contributed by atoms with van der Waals surface area (Å²) in [7, 11) is 1.90. The van der Waals surface area contributed by atoms with Gasteiger partial charge in [0, 0.05) is 43.5 Å². The third-order valence-electron chi connectivity index (χ3n) is 3.16. The zero-order valence-electron chi connectivity index (χ0n) is 11.3. The highest BCUT2D eigenvalue weighted by Gasteiger charge is 2.13. The molecule has 18 heavy (non-hydrogen) atoms. The second-order valence-electron chi connectivity index (χ2n) is 4.55. The maximum atomic E-state index is 6.22. The second kappa shape index (κ2) is 5.35. The normalized spacial score (nSPS) is 12.9. The van der Waals surface area contributed by atoms with Gasteiger partial charge in [-0.15, -0.1) is 0 Å². The van der Waals surface area contributed by atoms with Crippen molar-refractivity contribution in [3.8, 4) is 0 Å². The van der Waals surface area contributed by atoms with Crippen LogP contribution < -0.4 is 5.73 Å². The van der Waals surface area contributed by atoms with E-state index in [0.29, 0.717) is 0 Å². The predicted octanol–water partition coefficient (Wildman–Crippen LogP) is 1.44. The molecule has 0 bridgehead atoms. The fourth-order valence-corrected chi connectivity index (χ4v) is 2.10. The van der Waals surface area contributed by atoms with Gasteiger partial charge in [0.1, 0.15) is 0 Å². The molecule has 0 fully saturated rings. The molecule has 0 aromatic carbocycles. The molecule has 0 saturated heterocycles. The molecule has 5 nitrogen and oxygen atoms in total. The highest BCUT2D eigenvalue weighted by Crippen LogP contribution is 2.16. The molecule has 0 aliphatic heterocycles. The zero-order valence-corrected chi connectivity index (χ0v) is 11.3. The van der Waals surface area contributed by atoms with Crippen molar-refractivity contribution in [2.45, 2.75) is 39.3 Å². The summed E-state index contributed by atoms with van der Waals surface area (Å²) in [4.78, 5) is 0. The van der Waals surface area contributed by atoms with Crippen LogP contribution in [0.2, 0.25) is 0 Å². The lowest BCUT2D eigenvalue weighted by molar-refractivity contribution is 0.585. The minimum absolute atomic E-state index is 0.0228. The van der Waals surface area contributed by atoms with Gasteiger partial charge >= 0.3 is 0 Å². The molecular weight excluding hydrogens is 226 g/mol. The van der Waals surface area contributed by atoms with Crippen molar-refractivity contribution < 1.29 is 0 Å². The van der Waals surface area contributed by atoms with Crippen molar-refractivity contribution in [2.75, 3.05) is 0 Å². The lowest BCUT2D eigenvalue weighted by Crippen LogP contribution is -2.15. The van der Waals surface area contributed by atoms with E-state index in [4.69, 9.17) is 5.73 Å². The maximum absolute atomic E-state index is 6.22. The number of hydrogen-bond acceptors (Lipinski definition) is 3. The van der Waals surface area contributed by atoms with Gasteiger partial charge in [-0.05, 0) is 19.4 Å². The fraction of sp³-hybridized carbons (Fsp3) is 0.538. The molecule has 5 heteroatoms. The van der Waals surface area contributed by atoms with Crippen molar-refractivity contribution in [1.82, 2.24) is 19.6 Å². The Morgan fingerprint density at radius 1 is 1.39 bits per heavy atom. The van der Waals surface area contributed by atoms with Gasteiger partial charge in [0.25, 0.3) is 0 Å². The molecular formula is C13H21N5. The van der Waals surface area contributed by atoms with Crippen LogP contribution in [0.1, 0.15) is 36.8 Å². The Kier molecular flexibility index (Phi) is 3.81. The molecule has 2 aromatic rings. The first-order chi connectivity index (χ1) is 8.63. The molecule has 2 N–H and O–H groups in total. The summed E-state index contributed by atoms with van der Waals surface area (Å²) in [5.74, 6) is 0. The Balaban J connectivity index is 2.15. The van der Waals surface area contributed by atoms with Crippen LogP contribution >= 0.6 is 0 Å². The fourth-order valence-electron chi connectivity index (χ4n) is 2.10. The van der Waals surface area contributed by atoms with E-state index in [1.807, 2.05) is 24.1 Å². The minimum Gasteiger partial charge on any atom is -0.324 e. The molecule has 0 saturated carbocycles. The molecule has 1 atom stereocenters. The van der Waals surface area contributed by atoms with Crippen LogP contribution in [-0.2, 0) is 26.4 Å². The SMILES string of the molecule is CCc1cc(CC(N)c2cnn(C)c2)n(CC)n1. The van der Waals surface area contributed by atoms with Crippen LogP contribution in [0.15, 0.2) is 18.5 Å². The van der Waals surface area contributed by atoms with E-state index in [2.05, 4.69) is 30.1 Å². The van der Waals surface area contributed by atoms with Gasteiger partial charge in [-0.2, -0.15) is 10.2 Å². The van der Waals surface area contributed by atoms with Crippen molar-refractivity contribution >= 4 is 0 Å². The van der Waals surface area contributed by atoms with E-state index in [-0.39, 0.29) is 6.04 Å². The van der Waals surface area contributed by atoms with Crippen molar-refractivity contribution in [3.63, 3.8) is 0 Å². The smallest absolute Gasteiger partial charge is 0.0624 e. The molecule has 2 heterocycles. The van der Waals surface area contributed by atoms with Crippen molar-refractivity contribution in [2.24, 2.45) is 12.8 Å². The lowest BCUT2D eigenvalue weighted by atomic mass is 10.1. The van der Waals surface area contributed by atoms with Crippen LogP contribution in [0.4, 0.5) is 0 Å².